The predicted octanol–water partition coefficient (Wildman–Crippen LogP) is 4.24. The molecule has 3 rings (SSSR count). The molecule has 0 aliphatic carbocycles. The Kier molecular flexibility index (Phi) is 5.48. The SMILES string of the molecule is Cc1ccc(-c2nn(-c3ccccc3)cc2/C=C/C(=O)OCC#N)cc1C. The van der Waals surface area contributed by atoms with E-state index < -0.39 is 5.97 Å². The molecule has 0 aliphatic heterocycles. The summed E-state index contributed by atoms with van der Waals surface area (Å²) in [7, 11) is 0. The number of nitriles is 1. The number of esters is 1. The van der Waals surface area contributed by atoms with Crippen molar-refractivity contribution in [2.24, 2.45) is 0 Å². The zero-order valence-corrected chi connectivity index (χ0v) is 15.2. The topological polar surface area (TPSA) is 67.9 Å². The van der Waals surface area contributed by atoms with Gasteiger partial charge in [-0.25, -0.2) is 9.48 Å². The molecule has 0 amide bonds. The Bertz CT molecular complexity index is 1030. The normalized spacial score (nSPS) is 10.7. The van der Waals surface area contributed by atoms with Gasteiger partial charge >= 0.3 is 5.97 Å². The highest BCUT2D eigenvalue weighted by molar-refractivity contribution is 5.88. The molecule has 0 fully saturated rings. The predicted molar refractivity (Wildman–Crippen MR) is 104 cm³/mol. The molecule has 1 aromatic heterocycles. The van der Waals surface area contributed by atoms with Crippen molar-refractivity contribution in [2.45, 2.75) is 13.8 Å². The third kappa shape index (κ3) is 4.31. The van der Waals surface area contributed by atoms with E-state index in [4.69, 9.17) is 15.1 Å². The summed E-state index contributed by atoms with van der Waals surface area (Å²) in [6.45, 7) is 3.85. The van der Waals surface area contributed by atoms with Crippen molar-refractivity contribution in [3.05, 3.63) is 77.5 Å². The number of aryl methyl sites for hydroxylation is 2. The third-order valence-corrected chi connectivity index (χ3v) is 4.22. The van der Waals surface area contributed by atoms with Crippen molar-refractivity contribution in [1.29, 1.82) is 5.26 Å². The zero-order chi connectivity index (χ0) is 19.2. The van der Waals surface area contributed by atoms with Gasteiger partial charge < -0.3 is 4.74 Å². The van der Waals surface area contributed by atoms with E-state index in [2.05, 4.69) is 26.0 Å². The molecule has 0 N–H and O–H groups in total. The summed E-state index contributed by atoms with van der Waals surface area (Å²) in [5.41, 5.74) is 5.83. The second kappa shape index (κ2) is 8.15. The van der Waals surface area contributed by atoms with E-state index in [1.807, 2.05) is 42.6 Å². The Labute approximate surface area is 158 Å². The van der Waals surface area contributed by atoms with E-state index >= 15 is 0 Å². The van der Waals surface area contributed by atoms with Crippen LogP contribution >= 0.6 is 0 Å². The van der Waals surface area contributed by atoms with Gasteiger partial charge in [0.1, 0.15) is 6.07 Å². The van der Waals surface area contributed by atoms with Crippen LogP contribution < -0.4 is 0 Å². The summed E-state index contributed by atoms with van der Waals surface area (Å²) in [6.07, 6.45) is 4.85. The summed E-state index contributed by atoms with van der Waals surface area (Å²) in [5, 5.41) is 13.2. The Hall–Kier alpha value is -3.65. The van der Waals surface area contributed by atoms with E-state index in [9.17, 15) is 4.79 Å². The number of rotatable bonds is 5. The molecular weight excluding hydrogens is 338 g/mol. The highest BCUT2D eigenvalue weighted by Gasteiger charge is 2.12. The molecule has 5 heteroatoms. The van der Waals surface area contributed by atoms with Gasteiger partial charge in [-0.2, -0.15) is 10.4 Å². The Morgan fingerprint density at radius 1 is 1.19 bits per heavy atom. The fraction of sp³-hybridized carbons (Fsp3) is 0.136. The molecule has 0 saturated carbocycles. The fourth-order valence-corrected chi connectivity index (χ4v) is 2.64. The highest BCUT2D eigenvalue weighted by atomic mass is 16.5. The first-order chi connectivity index (χ1) is 13.1. The first kappa shape index (κ1) is 18.2. The number of para-hydroxylation sites is 1. The van der Waals surface area contributed by atoms with Crippen molar-refractivity contribution in [3.63, 3.8) is 0 Å². The lowest BCUT2D eigenvalue weighted by Gasteiger charge is -2.04. The van der Waals surface area contributed by atoms with Gasteiger partial charge in [0, 0.05) is 23.4 Å². The summed E-state index contributed by atoms with van der Waals surface area (Å²) >= 11 is 0. The molecule has 3 aromatic rings. The van der Waals surface area contributed by atoms with Crippen molar-refractivity contribution >= 4 is 12.0 Å². The molecular formula is C22H19N3O2. The molecule has 2 aromatic carbocycles. The second-order valence-corrected chi connectivity index (χ2v) is 6.11. The molecule has 0 atom stereocenters. The number of benzene rings is 2. The summed E-state index contributed by atoms with van der Waals surface area (Å²) in [5.74, 6) is -0.560. The van der Waals surface area contributed by atoms with Crippen molar-refractivity contribution in [2.75, 3.05) is 6.61 Å². The quantitative estimate of drug-likeness (QED) is 0.506. The minimum Gasteiger partial charge on any atom is -0.447 e. The molecule has 27 heavy (non-hydrogen) atoms. The van der Waals surface area contributed by atoms with Crippen LogP contribution in [0, 0.1) is 25.2 Å². The molecule has 0 bridgehead atoms. The molecule has 1 heterocycles. The van der Waals surface area contributed by atoms with E-state index in [1.54, 1.807) is 16.8 Å². The number of nitrogens with zero attached hydrogens (tertiary/aromatic N) is 3. The van der Waals surface area contributed by atoms with E-state index in [-0.39, 0.29) is 6.61 Å². The zero-order valence-electron chi connectivity index (χ0n) is 15.2. The van der Waals surface area contributed by atoms with Gasteiger partial charge in [0.25, 0.3) is 0 Å². The van der Waals surface area contributed by atoms with E-state index in [0.29, 0.717) is 0 Å². The highest BCUT2D eigenvalue weighted by Crippen LogP contribution is 2.26. The first-order valence-corrected chi connectivity index (χ1v) is 8.53. The third-order valence-electron chi connectivity index (χ3n) is 4.22. The minimum atomic E-state index is -0.560. The maximum Gasteiger partial charge on any atom is 0.331 e. The molecule has 0 unspecified atom stereocenters. The number of hydrogen-bond donors (Lipinski definition) is 0. The van der Waals surface area contributed by atoms with Crippen molar-refractivity contribution in [3.8, 4) is 23.0 Å². The Morgan fingerprint density at radius 3 is 2.67 bits per heavy atom. The lowest BCUT2D eigenvalue weighted by Crippen LogP contribution is -1.99. The van der Waals surface area contributed by atoms with Gasteiger partial charge in [0.2, 0.25) is 0 Å². The molecule has 0 aliphatic rings. The maximum absolute atomic E-state index is 11.7. The van der Waals surface area contributed by atoms with Gasteiger partial charge in [-0.1, -0.05) is 30.3 Å². The first-order valence-electron chi connectivity index (χ1n) is 8.53. The number of carbonyl (C=O) groups is 1. The average molecular weight is 357 g/mol. The van der Waals surface area contributed by atoms with Gasteiger partial charge in [-0.3, -0.25) is 0 Å². The number of aromatic nitrogens is 2. The maximum atomic E-state index is 11.7. The Morgan fingerprint density at radius 2 is 1.96 bits per heavy atom. The van der Waals surface area contributed by atoms with Crippen LogP contribution in [0.1, 0.15) is 16.7 Å². The van der Waals surface area contributed by atoms with Crippen LogP contribution in [0.5, 0.6) is 0 Å². The Balaban J connectivity index is 2.03. The van der Waals surface area contributed by atoms with Crippen molar-refractivity contribution < 1.29 is 9.53 Å². The van der Waals surface area contributed by atoms with E-state index in [1.165, 1.54) is 17.2 Å². The number of hydrogen-bond acceptors (Lipinski definition) is 4. The van der Waals surface area contributed by atoms with Gasteiger partial charge in [-0.15, -0.1) is 0 Å². The molecule has 5 nitrogen and oxygen atoms in total. The molecule has 0 spiro atoms. The smallest absolute Gasteiger partial charge is 0.331 e. The lowest BCUT2D eigenvalue weighted by molar-refractivity contribution is -0.136. The van der Waals surface area contributed by atoms with Crippen LogP contribution in [-0.4, -0.2) is 22.4 Å². The van der Waals surface area contributed by atoms with Crippen LogP contribution in [0.3, 0.4) is 0 Å². The van der Waals surface area contributed by atoms with Crippen LogP contribution in [-0.2, 0) is 9.53 Å². The van der Waals surface area contributed by atoms with Gasteiger partial charge in [0.15, 0.2) is 6.61 Å². The number of carbonyl (C=O) groups excluding carboxylic acids is 1. The minimum absolute atomic E-state index is 0.267. The van der Waals surface area contributed by atoms with Crippen molar-refractivity contribution in [1.82, 2.24) is 9.78 Å². The lowest BCUT2D eigenvalue weighted by atomic mass is 10.0. The standard InChI is InChI=1S/C22H19N3O2/c1-16-8-9-18(14-17(16)2)22-19(10-11-21(26)27-13-12-23)15-25(24-22)20-6-4-3-5-7-20/h3-11,14-15H,13H2,1-2H3/b11-10+. The van der Waals surface area contributed by atoms with Gasteiger partial charge in [-0.05, 0) is 49.2 Å². The van der Waals surface area contributed by atoms with Crippen LogP contribution in [0.4, 0.5) is 0 Å². The largest absolute Gasteiger partial charge is 0.447 e. The molecule has 0 saturated heterocycles. The van der Waals surface area contributed by atoms with Crippen LogP contribution in [0.15, 0.2) is 60.8 Å². The summed E-state index contributed by atoms with van der Waals surface area (Å²) < 4.78 is 6.55. The second-order valence-electron chi connectivity index (χ2n) is 6.11. The van der Waals surface area contributed by atoms with Crippen LogP contribution in [0.2, 0.25) is 0 Å². The van der Waals surface area contributed by atoms with E-state index in [0.717, 1.165) is 22.5 Å². The summed E-state index contributed by atoms with van der Waals surface area (Å²) in [6, 6.07) is 17.7. The monoisotopic (exact) mass is 357 g/mol. The van der Waals surface area contributed by atoms with Crippen LogP contribution in [0.25, 0.3) is 23.0 Å². The number of ether oxygens (including phenoxy) is 1. The molecule has 0 radical (unpaired) electrons. The fourth-order valence-electron chi connectivity index (χ4n) is 2.64. The molecule has 134 valence electrons. The average Bonchev–Trinajstić information content (AvgIpc) is 3.12. The summed E-state index contributed by atoms with van der Waals surface area (Å²) in [4.78, 5) is 11.7. The van der Waals surface area contributed by atoms with Gasteiger partial charge in [0.05, 0.1) is 11.4 Å².